The van der Waals surface area contributed by atoms with Gasteiger partial charge in [0.05, 0.1) is 0 Å². The van der Waals surface area contributed by atoms with Crippen molar-refractivity contribution in [3.63, 3.8) is 0 Å². The van der Waals surface area contributed by atoms with Crippen LogP contribution in [0, 0.1) is 6.92 Å². The molecule has 2 rings (SSSR count). The zero-order chi connectivity index (χ0) is 18.1. The number of nitrogens with zero attached hydrogens (tertiary/aromatic N) is 3. The normalized spacial score (nSPS) is 18.2. The predicted octanol–water partition coefficient (Wildman–Crippen LogP) is 1.90. The van der Waals surface area contributed by atoms with Gasteiger partial charge in [0.1, 0.15) is 0 Å². The van der Waals surface area contributed by atoms with Gasteiger partial charge in [-0.25, -0.2) is 0 Å². The van der Waals surface area contributed by atoms with E-state index in [-0.39, 0.29) is 0 Å². The first-order valence-corrected chi connectivity index (χ1v) is 9.58. The van der Waals surface area contributed by atoms with Crippen LogP contribution in [0.25, 0.3) is 0 Å². The highest BCUT2D eigenvalue weighted by molar-refractivity contribution is 5.79. The monoisotopic (exact) mass is 345 g/mol. The van der Waals surface area contributed by atoms with Crippen LogP contribution in [0.3, 0.4) is 0 Å². The third kappa shape index (κ3) is 6.67. The molecule has 1 atom stereocenters. The average Bonchev–Trinajstić information content (AvgIpc) is 2.64. The average molecular weight is 346 g/mol. The number of rotatable bonds is 7. The standard InChI is InChI=1S/C20H35N5/c1-5-24-11-13-25(14-12-24)10-9-22-20(21-4)23-16-18(3)19-8-6-7-17(2)15-19/h6-8,15,18H,5,9-14,16H2,1-4H3,(H2,21,22,23). The molecule has 0 radical (unpaired) electrons. The Labute approximate surface area is 153 Å². The fourth-order valence-electron chi connectivity index (χ4n) is 3.23. The molecule has 1 aliphatic heterocycles. The Morgan fingerprint density at radius 1 is 1.16 bits per heavy atom. The maximum Gasteiger partial charge on any atom is 0.191 e. The largest absolute Gasteiger partial charge is 0.356 e. The van der Waals surface area contributed by atoms with E-state index in [2.05, 4.69) is 70.5 Å². The molecule has 25 heavy (non-hydrogen) atoms. The van der Waals surface area contributed by atoms with Gasteiger partial charge in [0, 0.05) is 52.9 Å². The Hall–Kier alpha value is -1.59. The summed E-state index contributed by atoms with van der Waals surface area (Å²) in [5.74, 6) is 1.35. The Kier molecular flexibility index (Phi) is 8.22. The maximum atomic E-state index is 4.35. The van der Waals surface area contributed by atoms with E-state index >= 15 is 0 Å². The summed E-state index contributed by atoms with van der Waals surface area (Å²) < 4.78 is 0. The highest BCUT2D eigenvalue weighted by Gasteiger charge is 2.14. The molecule has 0 spiro atoms. The number of hydrogen-bond acceptors (Lipinski definition) is 3. The molecule has 1 aliphatic rings. The number of piperazine rings is 1. The van der Waals surface area contributed by atoms with Gasteiger partial charge >= 0.3 is 0 Å². The van der Waals surface area contributed by atoms with Crippen molar-refractivity contribution in [1.82, 2.24) is 20.4 Å². The molecule has 1 fully saturated rings. The van der Waals surface area contributed by atoms with Crippen LogP contribution in [0.15, 0.2) is 29.3 Å². The molecule has 140 valence electrons. The molecule has 1 heterocycles. The van der Waals surface area contributed by atoms with Crippen LogP contribution in [-0.2, 0) is 0 Å². The number of guanidine groups is 1. The Morgan fingerprint density at radius 3 is 2.52 bits per heavy atom. The molecule has 0 aromatic heterocycles. The Bertz CT molecular complexity index is 535. The second kappa shape index (κ2) is 10.4. The second-order valence-electron chi connectivity index (χ2n) is 6.97. The molecule has 1 saturated heterocycles. The third-order valence-corrected chi connectivity index (χ3v) is 5.04. The highest BCUT2D eigenvalue weighted by atomic mass is 15.3. The van der Waals surface area contributed by atoms with E-state index < -0.39 is 0 Å². The molecule has 1 aromatic rings. The molecular formula is C20H35N5. The van der Waals surface area contributed by atoms with E-state index in [9.17, 15) is 0 Å². The third-order valence-electron chi connectivity index (χ3n) is 5.04. The fourth-order valence-corrected chi connectivity index (χ4v) is 3.23. The van der Waals surface area contributed by atoms with Gasteiger partial charge in [-0.3, -0.25) is 9.89 Å². The Morgan fingerprint density at radius 2 is 1.88 bits per heavy atom. The predicted molar refractivity (Wildman–Crippen MR) is 108 cm³/mol. The van der Waals surface area contributed by atoms with Gasteiger partial charge in [0.2, 0.25) is 0 Å². The van der Waals surface area contributed by atoms with Crippen molar-refractivity contribution in [2.45, 2.75) is 26.7 Å². The van der Waals surface area contributed by atoms with Crippen LogP contribution >= 0.6 is 0 Å². The van der Waals surface area contributed by atoms with Gasteiger partial charge in [0.15, 0.2) is 5.96 Å². The maximum absolute atomic E-state index is 4.35. The van der Waals surface area contributed by atoms with Crippen molar-refractivity contribution in [1.29, 1.82) is 0 Å². The first-order valence-electron chi connectivity index (χ1n) is 9.58. The summed E-state index contributed by atoms with van der Waals surface area (Å²) in [7, 11) is 1.84. The highest BCUT2D eigenvalue weighted by Crippen LogP contribution is 2.15. The van der Waals surface area contributed by atoms with E-state index in [1.165, 1.54) is 43.9 Å². The van der Waals surface area contributed by atoms with Gasteiger partial charge in [-0.05, 0) is 24.9 Å². The summed E-state index contributed by atoms with van der Waals surface area (Å²) in [6.45, 7) is 15.4. The zero-order valence-corrected chi connectivity index (χ0v) is 16.4. The number of aryl methyl sites for hydroxylation is 1. The van der Waals surface area contributed by atoms with Crippen LogP contribution in [0.2, 0.25) is 0 Å². The van der Waals surface area contributed by atoms with E-state index in [1.54, 1.807) is 0 Å². The van der Waals surface area contributed by atoms with Crippen molar-refractivity contribution >= 4 is 5.96 Å². The van der Waals surface area contributed by atoms with E-state index in [4.69, 9.17) is 0 Å². The minimum absolute atomic E-state index is 0.459. The van der Waals surface area contributed by atoms with Gasteiger partial charge in [-0.1, -0.05) is 43.7 Å². The Balaban J connectivity index is 1.67. The molecule has 0 bridgehead atoms. The van der Waals surface area contributed by atoms with Crippen LogP contribution in [0.4, 0.5) is 0 Å². The number of nitrogens with one attached hydrogen (secondary N) is 2. The van der Waals surface area contributed by atoms with Gasteiger partial charge in [-0.15, -0.1) is 0 Å². The minimum Gasteiger partial charge on any atom is -0.356 e. The molecule has 5 nitrogen and oxygen atoms in total. The number of aliphatic imine (C=N–C) groups is 1. The molecular weight excluding hydrogens is 310 g/mol. The van der Waals surface area contributed by atoms with Crippen LogP contribution in [0.1, 0.15) is 30.9 Å². The lowest BCUT2D eigenvalue weighted by Gasteiger charge is -2.34. The minimum atomic E-state index is 0.459. The molecule has 1 aromatic carbocycles. The summed E-state index contributed by atoms with van der Waals surface area (Å²) >= 11 is 0. The SMILES string of the molecule is CCN1CCN(CCNC(=NC)NCC(C)c2cccc(C)c2)CC1. The lowest BCUT2D eigenvalue weighted by Crippen LogP contribution is -2.49. The summed E-state index contributed by atoms with van der Waals surface area (Å²) in [4.78, 5) is 9.39. The molecule has 0 aliphatic carbocycles. The summed E-state index contributed by atoms with van der Waals surface area (Å²) in [6.07, 6.45) is 0. The summed E-state index contributed by atoms with van der Waals surface area (Å²) in [5.41, 5.74) is 2.69. The van der Waals surface area contributed by atoms with E-state index in [0.717, 1.165) is 25.6 Å². The number of hydrogen-bond donors (Lipinski definition) is 2. The molecule has 1 unspecified atom stereocenters. The number of likely N-dealkylation sites (N-methyl/N-ethyl adjacent to an activating group) is 1. The van der Waals surface area contributed by atoms with Crippen molar-refractivity contribution in [2.24, 2.45) is 4.99 Å². The van der Waals surface area contributed by atoms with Crippen molar-refractivity contribution < 1.29 is 0 Å². The van der Waals surface area contributed by atoms with Crippen molar-refractivity contribution in [2.75, 3.05) is 59.4 Å². The first kappa shape index (κ1) is 19.7. The van der Waals surface area contributed by atoms with E-state index in [0.29, 0.717) is 5.92 Å². The van der Waals surface area contributed by atoms with Crippen LogP contribution in [-0.4, -0.2) is 75.2 Å². The lowest BCUT2D eigenvalue weighted by molar-refractivity contribution is 0.139. The molecule has 5 heteroatoms. The lowest BCUT2D eigenvalue weighted by atomic mass is 9.99. The van der Waals surface area contributed by atoms with Gasteiger partial charge in [0.25, 0.3) is 0 Å². The first-order chi connectivity index (χ1) is 12.1. The van der Waals surface area contributed by atoms with Gasteiger partial charge < -0.3 is 15.5 Å². The topological polar surface area (TPSA) is 42.9 Å². The van der Waals surface area contributed by atoms with Crippen molar-refractivity contribution in [3.8, 4) is 0 Å². The van der Waals surface area contributed by atoms with Gasteiger partial charge in [-0.2, -0.15) is 0 Å². The quantitative estimate of drug-likeness (QED) is 0.585. The summed E-state index contributed by atoms with van der Waals surface area (Å²) in [6, 6.07) is 8.74. The molecule has 0 saturated carbocycles. The summed E-state index contributed by atoms with van der Waals surface area (Å²) in [5, 5.41) is 6.90. The second-order valence-corrected chi connectivity index (χ2v) is 6.97. The van der Waals surface area contributed by atoms with Crippen molar-refractivity contribution in [3.05, 3.63) is 35.4 Å². The van der Waals surface area contributed by atoms with Crippen LogP contribution < -0.4 is 10.6 Å². The van der Waals surface area contributed by atoms with E-state index in [1.807, 2.05) is 7.05 Å². The van der Waals surface area contributed by atoms with Crippen LogP contribution in [0.5, 0.6) is 0 Å². The number of benzene rings is 1. The molecule has 0 amide bonds. The molecule has 2 N–H and O–H groups in total. The smallest absolute Gasteiger partial charge is 0.191 e. The fraction of sp³-hybridized carbons (Fsp3) is 0.650. The zero-order valence-electron chi connectivity index (χ0n) is 16.4.